The molecule has 0 aliphatic carbocycles. The number of benzene rings is 1. The molecule has 4 nitrogen and oxygen atoms in total. The number of fused-ring (bicyclic) bond motifs is 1. The fourth-order valence-electron chi connectivity index (χ4n) is 1.84. The molecule has 0 spiro atoms. The second-order valence-corrected chi connectivity index (χ2v) is 4.72. The largest absolute Gasteiger partial charge is 0.481 e. The molecule has 1 atom stereocenters. The van der Waals surface area contributed by atoms with E-state index in [0.29, 0.717) is 21.6 Å². The van der Waals surface area contributed by atoms with Crippen LogP contribution in [0.5, 0.6) is 0 Å². The van der Waals surface area contributed by atoms with Crippen molar-refractivity contribution in [3.63, 3.8) is 0 Å². The number of nitrogens with one attached hydrogen (secondary N) is 1. The van der Waals surface area contributed by atoms with Crippen LogP contribution in [0.4, 0.5) is 18.9 Å². The maximum absolute atomic E-state index is 12.6. The lowest BCUT2D eigenvalue weighted by molar-refractivity contribution is -0.190. The SMILES string of the molecule is O=C(O)C(CNc1ccc(Cl)c2cccnc12)C(F)(F)F. The summed E-state index contributed by atoms with van der Waals surface area (Å²) in [5, 5.41) is 12.1. The van der Waals surface area contributed by atoms with E-state index in [1.165, 1.54) is 18.3 Å². The molecule has 8 heteroatoms. The van der Waals surface area contributed by atoms with Gasteiger partial charge < -0.3 is 10.4 Å². The fourth-order valence-corrected chi connectivity index (χ4v) is 2.05. The quantitative estimate of drug-likeness (QED) is 0.904. The highest BCUT2D eigenvalue weighted by atomic mass is 35.5. The highest BCUT2D eigenvalue weighted by molar-refractivity contribution is 6.35. The average molecular weight is 319 g/mol. The summed E-state index contributed by atoms with van der Waals surface area (Å²) in [4.78, 5) is 14.7. The van der Waals surface area contributed by atoms with Gasteiger partial charge in [-0.25, -0.2) is 0 Å². The lowest BCUT2D eigenvalue weighted by atomic mass is 10.1. The van der Waals surface area contributed by atoms with Crippen molar-refractivity contribution in [1.82, 2.24) is 4.98 Å². The van der Waals surface area contributed by atoms with Gasteiger partial charge in [-0.2, -0.15) is 13.2 Å². The number of aliphatic carboxylic acids is 1. The van der Waals surface area contributed by atoms with Gasteiger partial charge in [0.1, 0.15) is 0 Å². The number of anilines is 1. The predicted octanol–water partition coefficient (Wildman–Crippen LogP) is 3.56. The smallest absolute Gasteiger partial charge is 0.403 e. The van der Waals surface area contributed by atoms with E-state index < -0.39 is 24.6 Å². The second kappa shape index (κ2) is 5.77. The first-order chi connectivity index (χ1) is 9.80. The third kappa shape index (κ3) is 3.36. The Balaban J connectivity index is 2.28. The van der Waals surface area contributed by atoms with E-state index >= 15 is 0 Å². The van der Waals surface area contributed by atoms with Crippen molar-refractivity contribution in [2.45, 2.75) is 6.18 Å². The number of rotatable bonds is 4. The average Bonchev–Trinajstić information content (AvgIpc) is 2.40. The molecule has 0 fully saturated rings. The van der Waals surface area contributed by atoms with Gasteiger partial charge in [-0.05, 0) is 24.3 Å². The van der Waals surface area contributed by atoms with Crippen molar-refractivity contribution in [3.8, 4) is 0 Å². The minimum atomic E-state index is -4.82. The van der Waals surface area contributed by atoms with E-state index in [2.05, 4.69) is 10.3 Å². The Morgan fingerprint density at radius 2 is 2.10 bits per heavy atom. The molecule has 0 saturated heterocycles. The molecule has 0 bridgehead atoms. The molecule has 2 rings (SSSR count). The van der Waals surface area contributed by atoms with Crippen molar-refractivity contribution >= 4 is 34.2 Å². The van der Waals surface area contributed by atoms with Crippen LogP contribution < -0.4 is 5.32 Å². The summed E-state index contributed by atoms with van der Waals surface area (Å²) in [6.45, 7) is -0.786. The van der Waals surface area contributed by atoms with E-state index in [1.807, 2.05) is 0 Å². The van der Waals surface area contributed by atoms with Gasteiger partial charge in [0.05, 0.1) is 16.2 Å². The summed E-state index contributed by atoms with van der Waals surface area (Å²) in [6, 6.07) is 6.30. The van der Waals surface area contributed by atoms with Crippen molar-refractivity contribution < 1.29 is 23.1 Å². The molecular weight excluding hydrogens is 309 g/mol. The Kier molecular flexibility index (Phi) is 4.22. The van der Waals surface area contributed by atoms with Crippen LogP contribution in [0.25, 0.3) is 10.9 Å². The number of hydrogen-bond donors (Lipinski definition) is 2. The fraction of sp³-hybridized carbons (Fsp3) is 0.231. The Bertz CT molecular complexity index is 676. The van der Waals surface area contributed by atoms with Crippen LogP contribution in [-0.2, 0) is 4.79 Å². The van der Waals surface area contributed by atoms with Crippen LogP contribution in [0.1, 0.15) is 0 Å². The number of halogens is 4. The molecule has 2 N–H and O–H groups in total. The summed E-state index contributed by atoms with van der Waals surface area (Å²) in [5.41, 5.74) is 0.682. The monoisotopic (exact) mass is 318 g/mol. The van der Waals surface area contributed by atoms with E-state index in [9.17, 15) is 18.0 Å². The Morgan fingerprint density at radius 3 is 2.71 bits per heavy atom. The zero-order valence-electron chi connectivity index (χ0n) is 10.5. The van der Waals surface area contributed by atoms with Gasteiger partial charge in [0.15, 0.2) is 5.92 Å². The predicted molar refractivity (Wildman–Crippen MR) is 72.4 cm³/mol. The maximum Gasteiger partial charge on any atom is 0.403 e. The standard InChI is InChI=1S/C13H10ClF3N2O2/c14-9-3-4-10(11-7(9)2-1-5-18-11)19-6-8(12(20)21)13(15,16)17/h1-5,8,19H,6H2,(H,20,21). The number of pyridine rings is 1. The number of nitrogens with zero attached hydrogens (tertiary/aromatic N) is 1. The molecule has 0 aliphatic rings. The normalized spacial score (nSPS) is 13.1. The van der Waals surface area contributed by atoms with E-state index in [4.69, 9.17) is 16.7 Å². The van der Waals surface area contributed by atoms with Crippen LogP contribution in [0.3, 0.4) is 0 Å². The first-order valence-electron chi connectivity index (χ1n) is 5.87. The van der Waals surface area contributed by atoms with Gasteiger partial charge in [-0.3, -0.25) is 9.78 Å². The zero-order valence-corrected chi connectivity index (χ0v) is 11.2. The van der Waals surface area contributed by atoms with Crippen molar-refractivity contribution in [3.05, 3.63) is 35.5 Å². The summed E-state index contributed by atoms with van der Waals surface area (Å²) < 4.78 is 37.8. The zero-order chi connectivity index (χ0) is 15.6. The molecular formula is C13H10ClF3N2O2. The molecule has 1 aromatic carbocycles. The number of hydrogen-bond acceptors (Lipinski definition) is 3. The molecule has 21 heavy (non-hydrogen) atoms. The first-order valence-corrected chi connectivity index (χ1v) is 6.25. The van der Waals surface area contributed by atoms with Crippen LogP contribution in [0, 0.1) is 5.92 Å². The highest BCUT2D eigenvalue weighted by Crippen LogP contribution is 2.30. The van der Waals surface area contributed by atoms with Crippen LogP contribution >= 0.6 is 11.6 Å². The van der Waals surface area contributed by atoms with Gasteiger partial charge in [0, 0.05) is 18.1 Å². The third-order valence-electron chi connectivity index (χ3n) is 2.91. The molecule has 1 aromatic heterocycles. The van der Waals surface area contributed by atoms with Gasteiger partial charge in [0.2, 0.25) is 0 Å². The number of aromatic nitrogens is 1. The highest BCUT2D eigenvalue weighted by Gasteiger charge is 2.44. The Morgan fingerprint density at radius 1 is 1.38 bits per heavy atom. The van der Waals surface area contributed by atoms with Gasteiger partial charge in [-0.1, -0.05) is 11.6 Å². The molecule has 0 radical (unpaired) electrons. The van der Waals surface area contributed by atoms with Crippen LogP contribution in [0.2, 0.25) is 5.02 Å². The van der Waals surface area contributed by atoms with E-state index in [1.54, 1.807) is 12.1 Å². The van der Waals surface area contributed by atoms with Gasteiger partial charge >= 0.3 is 12.1 Å². The molecule has 112 valence electrons. The second-order valence-electron chi connectivity index (χ2n) is 4.31. The summed E-state index contributed by atoms with van der Waals surface area (Å²) in [6.07, 6.45) is -3.35. The first kappa shape index (κ1) is 15.4. The summed E-state index contributed by atoms with van der Waals surface area (Å²) >= 11 is 5.97. The number of carboxylic acids is 1. The molecule has 0 aliphatic heterocycles. The van der Waals surface area contributed by atoms with Crippen LogP contribution in [-0.4, -0.2) is 28.8 Å². The molecule has 0 amide bonds. The van der Waals surface area contributed by atoms with Crippen molar-refractivity contribution in [1.29, 1.82) is 0 Å². The van der Waals surface area contributed by atoms with Crippen LogP contribution in [0.15, 0.2) is 30.5 Å². The topological polar surface area (TPSA) is 62.2 Å². The minimum absolute atomic E-state index is 0.297. The van der Waals surface area contributed by atoms with Crippen molar-refractivity contribution in [2.24, 2.45) is 5.92 Å². The number of alkyl halides is 3. The molecule has 1 unspecified atom stereocenters. The van der Waals surface area contributed by atoms with Gasteiger partial charge in [-0.15, -0.1) is 0 Å². The lowest BCUT2D eigenvalue weighted by Crippen LogP contribution is -2.36. The summed E-state index contributed by atoms with van der Waals surface area (Å²) in [7, 11) is 0. The lowest BCUT2D eigenvalue weighted by Gasteiger charge is -2.18. The van der Waals surface area contributed by atoms with Crippen molar-refractivity contribution in [2.75, 3.05) is 11.9 Å². The van der Waals surface area contributed by atoms with Gasteiger partial charge in [0.25, 0.3) is 0 Å². The summed E-state index contributed by atoms with van der Waals surface area (Å²) in [5.74, 6) is -4.42. The Labute approximate surface area is 122 Å². The third-order valence-corrected chi connectivity index (χ3v) is 3.24. The molecule has 0 saturated carbocycles. The number of carbonyl (C=O) groups is 1. The van der Waals surface area contributed by atoms with E-state index in [0.717, 1.165) is 0 Å². The maximum atomic E-state index is 12.6. The Hall–Kier alpha value is -2.02. The molecule has 2 aromatic rings. The van der Waals surface area contributed by atoms with E-state index in [-0.39, 0.29) is 0 Å². The minimum Gasteiger partial charge on any atom is -0.481 e. The number of carboxylic acid groups (broad SMARTS) is 1. The molecule has 1 heterocycles.